The zero-order valence-electron chi connectivity index (χ0n) is 10.7. The number of hydrogen-bond donors (Lipinski definition) is 3. The second-order valence-electron chi connectivity index (χ2n) is 3.90. The number of amides is 1. The molecule has 0 saturated carbocycles. The van der Waals surface area contributed by atoms with E-state index in [9.17, 15) is 4.79 Å². The first-order valence-corrected chi connectivity index (χ1v) is 5.76. The van der Waals surface area contributed by atoms with Crippen molar-refractivity contribution in [3.05, 3.63) is 30.0 Å². The van der Waals surface area contributed by atoms with Crippen LogP contribution in [0.3, 0.4) is 0 Å². The first-order valence-electron chi connectivity index (χ1n) is 5.76. The van der Waals surface area contributed by atoms with Gasteiger partial charge in [0.15, 0.2) is 5.82 Å². The van der Waals surface area contributed by atoms with E-state index in [1.165, 1.54) is 12.4 Å². The third-order valence-corrected chi connectivity index (χ3v) is 2.50. The molecule has 2 rings (SSSR count). The molecule has 100 valence electrons. The van der Waals surface area contributed by atoms with Gasteiger partial charge in [-0.1, -0.05) is 6.92 Å². The van der Waals surface area contributed by atoms with Gasteiger partial charge in [-0.15, -0.1) is 0 Å². The van der Waals surface area contributed by atoms with Gasteiger partial charge in [0.05, 0.1) is 23.8 Å². The monoisotopic (exact) mass is 261 g/mol. The van der Waals surface area contributed by atoms with Gasteiger partial charge in [-0.2, -0.15) is 5.10 Å². The Bertz CT molecular complexity index is 592. The molecule has 2 aromatic heterocycles. The van der Waals surface area contributed by atoms with E-state index in [2.05, 4.69) is 25.8 Å². The minimum absolute atomic E-state index is 0.182. The summed E-state index contributed by atoms with van der Waals surface area (Å²) in [6.45, 7) is 1.97. The lowest BCUT2D eigenvalue weighted by molar-refractivity contribution is 0.102. The summed E-state index contributed by atoms with van der Waals surface area (Å²) in [6, 6.07) is 0. The van der Waals surface area contributed by atoms with E-state index >= 15 is 0 Å². The predicted molar refractivity (Wildman–Crippen MR) is 70.4 cm³/mol. The molecule has 0 aliphatic heterocycles. The third-order valence-electron chi connectivity index (χ3n) is 2.50. The number of nitrogens with one attached hydrogen (secondary N) is 2. The lowest BCUT2D eigenvalue weighted by Gasteiger charge is -2.04. The topological polar surface area (TPSA) is 111 Å². The molecule has 0 unspecified atom stereocenters. The number of rotatable bonds is 4. The first-order chi connectivity index (χ1) is 9.13. The summed E-state index contributed by atoms with van der Waals surface area (Å²) >= 11 is 0. The van der Waals surface area contributed by atoms with E-state index < -0.39 is 0 Å². The Morgan fingerprint density at radius 1 is 1.47 bits per heavy atom. The molecule has 0 saturated heterocycles. The van der Waals surface area contributed by atoms with Gasteiger partial charge >= 0.3 is 0 Å². The Morgan fingerprint density at radius 3 is 2.95 bits per heavy atom. The summed E-state index contributed by atoms with van der Waals surface area (Å²) in [5.74, 6) is 5.20. The van der Waals surface area contributed by atoms with Crippen molar-refractivity contribution in [3.63, 3.8) is 0 Å². The van der Waals surface area contributed by atoms with Crippen molar-refractivity contribution in [1.82, 2.24) is 19.7 Å². The average Bonchev–Trinajstić information content (AvgIpc) is 2.78. The smallest absolute Gasteiger partial charge is 0.276 e. The van der Waals surface area contributed by atoms with Crippen LogP contribution < -0.4 is 16.6 Å². The van der Waals surface area contributed by atoms with Crippen LogP contribution in [0.25, 0.3) is 0 Å². The number of carbonyl (C=O) groups excluding carboxylic acids is 1. The van der Waals surface area contributed by atoms with E-state index in [1.54, 1.807) is 17.9 Å². The van der Waals surface area contributed by atoms with Crippen molar-refractivity contribution in [2.75, 3.05) is 10.7 Å². The summed E-state index contributed by atoms with van der Waals surface area (Å²) in [7, 11) is 1.80. The van der Waals surface area contributed by atoms with Gasteiger partial charge in [0.1, 0.15) is 5.69 Å². The highest BCUT2D eigenvalue weighted by molar-refractivity contribution is 6.03. The molecule has 19 heavy (non-hydrogen) atoms. The van der Waals surface area contributed by atoms with Crippen LogP contribution in [0, 0.1) is 0 Å². The fourth-order valence-corrected chi connectivity index (χ4v) is 1.63. The van der Waals surface area contributed by atoms with Crippen LogP contribution in [0.2, 0.25) is 0 Å². The summed E-state index contributed by atoms with van der Waals surface area (Å²) in [5.41, 5.74) is 4.01. The van der Waals surface area contributed by atoms with Crippen LogP contribution in [-0.4, -0.2) is 25.7 Å². The van der Waals surface area contributed by atoms with Crippen LogP contribution >= 0.6 is 0 Å². The molecular weight excluding hydrogens is 246 g/mol. The van der Waals surface area contributed by atoms with Crippen molar-refractivity contribution in [2.45, 2.75) is 13.3 Å². The summed E-state index contributed by atoms with van der Waals surface area (Å²) in [4.78, 5) is 19.9. The minimum Gasteiger partial charge on any atom is -0.318 e. The molecule has 2 heterocycles. The van der Waals surface area contributed by atoms with E-state index in [0.29, 0.717) is 11.5 Å². The number of carbonyl (C=O) groups is 1. The first kappa shape index (κ1) is 13.0. The quantitative estimate of drug-likeness (QED) is 0.539. The molecule has 0 radical (unpaired) electrons. The number of nitrogens with zero attached hydrogens (tertiary/aromatic N) is 4. The second-order valence-corrected chi connectivity index (χ2v) is 3.90. The van der Waals surface area contributed by atoms with Crippen molar-refractivity contribution in [1.29, 1.82) is 0 Å². The summed E-state index contributed by atoms with van der Waals surface area (Å²) in [6.07, 6.45) is 5.28. The van der Waals surface area contributed by atoms with Gasteiger partial charge in [0.25, 0.3) is 5.91 Å². The van der Waals surface area contributed by atoms with Gasteiger partial charge in [-0.3, -0.25) is 14.5 Å². The normalized spacial score (nSPS) is 10.3. The largest absolute Gasteiger partial charge is 0.318 e. The highest BCUT2D eigenvalue weighted by Crippen LogP contribution is 2.14. The molecule has 0 fully saturated rings. The minimum atomic E-state index is -0.354. The number of hydrazine groups is 1. The standard InChI is InChI=1S/C11H15N7O/c1-3-7-9(6-18(2)17-7)15-11(19)8-4-13-5-10(14-8)16-12/h4-6H,3,12H2,1-2H3,(H,14,16)(H,15,19). The number of nitrogens with two attached hydrogens (primary N) is 1. The van der Waals surface area contributed by atoms with Crippen LogP contribution in [0.1, 0.15) is 23.1 Å². The Kier molecular flexibility index (Phi) is 3.71. The fourth-order valence-electron chi connectivity index (χ4n) is 1.63. The van der Waals surface area contributed by atoms with Crippen LogP contribution in [0.15, 0.2) is 18.6 Å². The maximum Gasteiger partial charge on any atom is 0.276 e. The van der Waals surface area contributed by atoms with E-state index in [1.807, 2.05) is 6.92 Å². The zero-order chi connectivity index (χ0) is 13.8. The lowest BCUT2D eigenvalue weighted by atomic mass is 10.3. The van der Waals surface area contributed by atoms with E-state index in [-0.39, 0.29) is 11.6 Å². The molecule has 0 aliphatic carbocycles. The van der Waals surface area contributed by atoms with Crippen LogP contribution in [0.4, 0.5) is 11.5 Å². The maximum absolute atomic E-state index is 12.0. The average molecular weight is 261 g/mol. The molecular formula is C11H15N7O. The molecule has 0 spiro atoms. The number of hydrogen-bond acceptors (Lipinski definition) is 6. The number of aryl methyl sites for hydroxylation is 2. The van der Waals surface area contributed by atoms with Gasteiger partial charge in [-0.05, 0) is 6.42 Å². The number of aromatic nitrogens is 4. The Labute approximate surface area is 110 Å². The molecule has 0 aromatic carbocycles. The van der Waals surface area contributed by atoms with E-state index in [0.717, 1.165) is 12.1 Å². The van der Waals surface area contributed by atoms with Gasteiger partial charge < -0.3 is 10.7 Å². The molecule has 2 aromatic rings. The lowest BCUT2D eigenvalue weighted by Crippen LogP contribution is -2.17. The van der Waals surface area contributed by atoms with Gasteiger partial charge in [-0.25, -0.2) is 10.8 Å². The van der Waals surface area contributed by atoms with Crippen molar-refractivity contribution in [2.24, 2.45) is 12.9 Å². The molecule has 1 amide bonds. The Hall–Kier alpha value is -2.48. The molecule has 0 atom stereocenters. The predicted octanol–water partition coefficient (Wildman–Crippen LogP) is 0.310. The fraction of sp³-hybridized carbons (Fsp3) is 0.273. The van der Waals surface area contributed by atoms with Gasteiger partial charge in [0.2, 0.25) is 0 Å². The Balaban J connectivity index is 2.20. The highest BCUT2D eigenvalue weighted by Gasteiger charge is 2.13. The van der Waals surface area contributed by atoms with Crippen molar-refractivity contribution in [3.8, 4) is 0 Å². The van der Waals surface area contributed by atoms with Crippen LogP contribution in [0.5, 0.6) is 0 Å². The third kappa shape index (κ3) is 2.86. The summed E-state index contributed by atoms with van der Waals surface area (Å²) < 4.78 is 1.65. The SMILES string of the molecule is CCc1nn(C)cc1NC(=O)c1cncc(NN)n1. The van der Waals surface area contributed by atoms with Crippen molar-refractivity contribution < 1.29 is 4.79 Å². The molecule has 4 N–H and O–H groups in total. The number of anilines is 2. The number of nitrogen functional groups attached to an aromatic ring is 1. The second kappa shape index (κ2) is 5.44. The van der Waals surface area contributed by atoms with Crippen LogP contribution in [-0.2, 0) is 13.5 Å². The van der Waals surface area contributed by atoms with Gasteiger partial charge in [0, 0.05) is 13.2 Å². The molecule has 8 nitrogen and oxygen atoms in total. The zero-order valence-corrected chi connectivity index (χ0v) is 10.7. The molecule has 0 aliphatic rings. The Morgan fingerprint density at radius 2 is 2.26 bits per heavy atom. The molecule has 8 heteroatoms. The highest BCUT2D eigenvalue weighted by atomic mass is 16.1. The maximum atomic E-state index is 12.0. The molecule has 0 bridgehead atoms. The summed E-state index contributed by atoms with van der Waals surface area (Å²) in [5, 5.41) is 7.00. The van der Waals surface area contributed by atoms with Crippen molar-refractivity contribution >= 4 is 17.4 Å². The van der Waals surface area contributed by atoms with E-state index in [4.69, 9.17) is 5.84 Å².